The summed E-state index contributed by atoms with van der Waals surface area (Å²) in [5.41, 5.74) is 9.31. The molecule has 0 amide bonds. The van der Waals surface area contributed by atoms with Crippen LogP contribution >= 0.6 is 0 Å². The van der Waals surface area contributed by atoms with Gasteiger partial charge in [-0.3, -0.25) is 5.10 Å². The van der Waals surface area contributed by atoms with Gasteiger partial charge in [0.1, 0.15) is 24.1 Å². The number of H-pyrrole nitrogens is 1. The van der Waals surface area contributed by atoms with Gasteiger partial charge in [0.15, 0.2) is 11.5 Å². The molecule has 158 valence electrons. The molecule has 2 heterocycles. The van der Waals surface area contributed by atoms with Crippen LogP contribution in [0.15, 0.2) is 53.9 Å². The first-order valence-corrected chi connectivity index (χ1v) is 9.78. The molecular weight excluding hydrogens is 399 g/mol. The van der Waals surface area contributed by atoms with E-state index in [1.54, 1.807) is 18.2 Å². The van der Waals surface area contributed by atoms with Crippen LogP contribution in [0.2, 0.25) is 0 Å². The molecule has 0 saturated carbocycles. The summed E-state index contributed by atoms with van der Waals surface area (Å²) in [4.78, 5) is 0. The third-order valence-corrected chi connectivity index (χ3v) is 5.01. The third kappa shape index (κ3) is 3.90. The van der Waals surface area contributed by atoms with Crippen molar-refractivity contribution in [3.05, 3.63) is 82.1 Å². The lowest BCUT2D eigenvalue weighted by molar-refractivity contribution is 0.268. The first-order chi connectivity index (χ1) is 15.0. The normalized spacial score (nSPS) is 15.1. The standard InChI is InChI=1S/C23H21FN4O3/c1-3-29-19-10-15(7-8-18(19)30-12-14-5-4-6-16(24)9-14)21-17(11-25)22(26)31-23-20(21)13(2)27-28-23/h4-10,21H,3,12,26H2,1-2H3,(H,27,28)/t21-/m0/s1. The number of benzene rings is 2. The van der Waals surface area contributed by atoms with Crippen LogP contribution in [-0.2, 0) is 6.61 Å². The van der Waals surface area contributed by atoms with E-state index in [9.17, 15) is 9.65 Å². The molecule has 0 aliphatic carbocycles. The number of nitrogens with two attached hydrogens (primary N) is 1. The molecule has 1 aliphatic rings. The summed E-state index contributed by atoms with van der Waals surface area (Å²) in [6.45, 7) is 4.34. The summed E-state index contributed by atoms with van der Waals surface area (Å²) in [6.07, 6.45) is 0. The molecule has 0 fully saturated rings. The zero-order valence-corrected chi connectivity index (χ0v) is 17.1. The maximum absolute atomic E-state index is 13.4. The fourth-order valence-electron chi connectivity index (χ4n) is 3.61. The van der Waals surface area contributed by atoms with Gasteiger partial charge in [-0.2, -0.15) is 5.26 Å². The van der Waals surface area contributed by atoms with Crippen LogP contribution in [0, 0.1) is 24.1 Å². The number of hydrogen-bond donors (Lipinski definition) is 2. The molecule has 3 N–H and O–H groups in total. The molecule has 7 nitrogen and oxygen atoms in total. The van der Waals surface area contributed by atoms with Crippen molar-refractivity contribution in [2.45, 2.75) is 26.4 Å². The highest BCUT2D eigenvalue weighted by atomic mass is 19.1. The van der Waals surface area contributed by atoms with E-state index >= 15 is 0 Å². The Balaban J connectivity index is 1.70. The predicted molar refractivity (Wildman–Crippen MR) is 111 cm³/mol. The van der Waals surface area contributed by atoms with Gasteiger partial charge in [0, 0.05) is 11.3 Å². The van der Waals surface area contributed by atoms with Crippen LogP contribution < -0.4 is 19.9 Å². The molecule has 1 atom stereocenters. The van der Waals surface area contributed by atoms with Crippen molar-refractivity contribution in [1.29, 1.82) is 5.26 Å². The van der Waals surface area contributed by atoms with Crippen LogP contribution in [0.25, 0.3) is 0 Å². The highest BCUT2D eigenvalue weighted by Gasteiger charge is 2.34. The molecule has 0 spiro atoms. The number of nitrogens with one attached hydrogen (secondary N) is 1. The van der Waals surface area contributed by atoms with Gasteiger partial charge in [0.25, 0.3) is 0 Å². The molecule has 1 aromatic heterocycles. The van der Waals surface area contributed by atoms with Gasteiger partial charge in [0.05, 0.1) is 12.5 Å². The van der Waals surface area contributed by atoms with Crippen LogP contribution in [0.1, 0.15) is 35.2 Å². The Hall–Kier alpha value is -3.99. The number of ether oxygens (including phenoxy) is 3. The Kier molecular flexibility index (Phi) is 5.50. The minimum atomic E-state index is -0.455. The topological polar surface area (TPSA) is 106 Å². The number of halogens is 1. The van der Waals surface area contributed by atoms with Gasteiger partial charge in [-0.25, -0.2) is 4.39 Å². The van der Waals surface area contributed by atoms with Crippen molar-refractivity contribution in [2.24, 2.45) is 5.73 Å². The number of aromatic nitrogens is 2. The van der Waals surface area contributed by atoms with E-state index in [1.165, 1.54) is 12.1 Å². The number of aromatic amines is 1. The molecule has 0 radical (unpaired) electrons. The maximum atomic E-state index is 13.4. The first kappa shape index (κ1) is 20.3. The molecule has 0 unspecified atom stereocenters. The quantitative estimate of drug-likeness (QED) is 0.623. The maximum Gasteiger partial charge on any atom is 0.244 e. The SMILES string of the molecule is CCOc1cc([C@H]2C(C#N)=C(N)Oc3n[nH]c(C)c32)ccc1OCc1cccc(F)c1. The van der Waals surface area contributed by atoms with E-state index in [0.717, 1.165) is 16.8 Å². The number of fused-ring (bicyclic) bond motifs is 1. The van der Waals surface area contributed by atoms with Gasteiger partial charge >= 0.3 is 0 Å². The van der Waals surface area contributed by atoms with Crippen molar-refractivity contribution in [1.82, 2.24) is 10.2 Å². The molecule has 1 aliphatic heterocycles. The molecule has 0 saturated heterocycles. The molecule has 8 heteroatoms. The summed E-state index contributed by atoms with van der Waals surface area (Å²) in [7, 11) is 0. The fourth-order valence-corrected chi connectivity index (χ4v) is 3.61. The van der Waals surface area contributed by atoms with Crippen molar-refractivity contribution in [2.75, 3.05) is 6.61 Å². The molecule has 4 rings (SSSR count). The summed E-state index contributed by atoms with van der Waals surface area (Å²) < 4.78 is 30.6. The molecule has 2 aromatic carbocycles. The van der Waals surface area contributed by atoms with E-state index in [-0.39, 0.29) is 18.3 Å². The molecule has 31 heavy (non-hydrogen) atoms. The molecular formula is C23H21FN4O3. The van der Waals surface area contributed by atoms with E-state index < -0.39 is 5.92 Å². The Bertz CT molecular complexity index is 1200. The van der Waals surface area contributed by atoms with Crippen LogP contribution in [0.5, 0.6) is 17.4 Å². The average molecular weight is 420 g/mol. The van der Waals surface area contributed by atoms with Gasteiger partial charge < -0.3 is 19.9 Å². The Labute approximate surface area is 178 Å². The second kappa shape index (κ2) is 8.40. The number of nitrogens with zero attached hydrogens (tertiary/aromatic N) is 2. The van der Waals surface area contributed by atoms with E-state index in [2.05, 4.69) is 16.3 Å². The summed E-state index contributed by atoms with van der Waals surface area (Å²) in [5.74, 6) is 0.631. The van der Waals surface area contributed by atoms with Crippen molar-refractivity contribution in [3.8, 4) is 23.4 Å². The number of allylic oxidation sites excluding steroid dienone is 1. The van der Waals surface area contributed by atoms with Crippen molar-refractivity contribution in [3.63, 3.8) is 0 Å². The number of nitriles is 1. The van der Waals surface area contributed by atoms with Gasteiger partial charge in [-0.15, -0.1) is 5.10 Å². The minimum absolute atomic E-state index is 0.0240. The summed E-state index contributed by atoms with van der Waals surface area (Å²) in [6, 6.07) is 13.8. The highest BCUT2D eigenvalue weighted by Crippen LogP contribution is 2.44. The van der Waals surface area contributed by atoms with Crippen molar-refractivity contribution < 1.29 is 18.6 Å². The minimum Gasteiger partial charge on any atom is -0.490 e. The largest absolute Gasteiger partial charge is 0.490 e. The lowest BCUT2D eigenvalue weighted by Crippen LogP contribution is -2.21. The van der Waals surface area contributed by atoms with Gasteiger partial charge in [-0.1, -0.05) is 18.2 Å². The zero-order valence-electron chi connectivity index (χ0n) is 17.1. The average Bonchev–Trinajstić information content (AvgIpc) is 3.12. The second-order valence-electron chi connectivity index (χ2n) is 7.05. The van der Waals surface area contributed by atoms with E-state index in [0.29, 0.717) is 35.1 Å². The lowest BCUT2D eigenvalue weighted by atomic mass is 9.84. The fraction of sp³-hybridized carbons (Fsp3) is 0.217. The van der Waals surface area contributed by atoms with Crippen LogP contribution in [-0.4, -0.2) is 16.8 Å². The third-order valence-electron chi connectivity index (χ3n) is 5.01. The number of hydrogen-bond acceptors (Lipinski definition) is 6. The van der Waals surface area contributed by atoms with E-state index in [4.69, 9.17) is 19.9 Å². The Morgan fingerprint density at radius 2 is 2.06 bits per heavy atom. The number of aryl methyl sites for hydroxylation is 1. The van der Waals surface area contributed by atoms with Gasteiger partial charge in [0.2, 0.25) is 11.8 Å². The van der Waals surface area contributed by atoms with Crippen LogP contribution in [0.3, 0.4) is 0 Å². The second-order valence-corrected chi connectivity index (χ2v) is 7.05. The Morgan fingerprint density at radius 3 is 2.81 bits per heavy atom. The first-order valence-electron chi connectivity index (χ1n) is 9.78. The summed E-state index contributed by atoms with van der Waals surface area (Å²) >= 11 is 0. The Morgan fingerprint density at radius 1 is 1.23 bits per heavy atom. The van der Waals surface area contributed by atoms with E-state index in [1.807, 2.05) is 26.0 Å². The monoisotopic (exact) mass is 420 g/mol. The number of rotatable bonds is 6. The molecule has 3 aromatic rings. The van der Waals surface area contributed by atoms with Crippen LogP contribution in [0.4, 0.5) is 4.39 Å². The lowest BCUT2D eigenvalue weighted by Gasteiger charge is -2.24. The molecule has 0 bridgehead atoms. The predicted octanol–water partition coefficient (Wildman–Crippen LogP) is 4.05. The van der Waals surface area contributed by atoms with Crippen molar-refractivity contribution >= 4 is 0 Å². The zero-order chi connectivity index (χ0) is 22.0. The smallest absolute Gasteiger partial charge is 0.244 e. The highest BCUT2D eigenvalue weighted by molar-refractivity contribution is 5.57. The summed E-state index contributed by atoms with van der Waals surface area (Å²) in [5, 5.41) is 16.7. The van der Waals surface area contributed by atoms with Gasteiger partial charge in [-0.05, 0) is 49.2 Å².